The third-order valence-corrected chi connectivity index (χ3v) is 6.64. The molecular weight excluding hydrogens is 453 g/mol. The molecule has 0 aliphatic heterocycles. The van der Waals surface area contributed by atoms with Crippen molar-refractivity contribution in [2.75, 3.05) is 0 Å². The van der Waals surface area contributed by atoms with E-state index in [1.807, 2.05) is 0 Å². The van der Waals surface area contributed by atoms with Crippen LogP contribution in [0.15, 0.2) is 30.3 Å². The van der Waals surface area contributed by atoms with Crippen LogP contribution in [0.1, 0.15) is 53.2 Å². The maximum absolute atomic E-state index is 14.1. The number of nitrogens with one attached hydrogen (secondary N) is 2. The normalized spacial score (nSPS) is 14.7. The molecule has 176 valence electrons. The Morgan fingerprint density at radius 1 is 1.27 bits per heavy atom. The van der Waals surface area contributed by atoms with Crippen molar-refractivity contribution in [1.82, 2.24) is 5.32 Å². The van der Waals surface area contributed by atoms with Crippen LogP contribution in [0.2, 0.25) is 0 Å². The Labute approximate surface area is 193 Å². The average molecular weight is 478 g/mol. The van der Waals surface area contributed by atoms with Crippen molar-refractivity contribution in [3.63, 3.8) is 0 Å². The summed E-state index contributed by atoms with van der Waals surface area (Å²) in [5, 5.41) is 18.7. The molecule has 0 saturated heterocycles. The standard InChI is InChI=1S/C22H24FN3O6S/c1-21(2,19(28)26-22(8-3-9-22)20(29)32-30)11-13-5-7-16(33-13)18(27)31-15-6-4-12(17(24)25)10-14(15)23/h4-7,10,30H,3,8-9,11H2,1-2H3,(H3,24,25)(H,26,28). The van der Waals surface area contributed by atoms with E-state index in [2.05, 4.69) is 10.2 Å². The summed E-state index contributed by atoms with van der Waals surface area (Å²) < 4.78 is 19.3. The first-order chi connectivity index (χ1) is 15.5. The number of amidine groups is 1. The molecule has 1 aromatic heterocycles. The van der Waals surface area contributed by atoms with Crippen LogP contribution in [0.4, 0.5) is 4.39 Å². The van der Waals surface area contributed by atoms with Gasteiger partial charge in [0.25, 0.3) is 0 Å². The SMILES string of the molecule is CC(C)(Cc1ccc(C(=O)Oc2ccc(C(=N)N)cc2F)s1)C(=O)NC1(C(=O)OO)CCC1. The highest BCUT2D eigenvalue weighted by atomic mass is 32.1. The van der Waals surface area contributed by atoms with E-state index in [1.165, 1.54) is 18.2 Å². The number of rotatable bonds is 8. The first kappa shape index (κ1) is 24.3. The molecule has 1 heterocycles. The second kappa shape index (κ2) is 9.28. The van der Waals surface area contributed by atoms with Crippen molar-refractivity contribution >= 4 is 35.0 Å². The van der Waals surface area contributed by atoms with Gasteiger partial charge >= 0.3 is 11.9 Å². The number of carbonyl (C=O) groups excluding carboxylic acids is 3. The van der Waals surface area contributed by atoms with Gasteiger partial charge < -0.3 is 15.8 Å². The van der Waals surface area contributed by atoms with Gasteiger partial charge in [0, 0.05) is 15.9 Å². The fourth-order valence-electron chi connectivity index (χ4n) is 3.38. The topological polar surface area (TPSA) is 152 Å². The second-order valence-electron chi connectivity index (χ2n) is 8.54. The quantitative estimate of drug-likeness (QED) is 0.114. The summed E-state index contributed by atoms with van der Waals surface area (Å²) in [7, 11) is 0. The molecule has 0 atom stereocenters. The van der Waals surface area contributed by atoms with Gasteiger partial charge in [-0.3, -0.25) is 15.1 Å². The Bertz CT molecular complexity index is 1110. The Kier molecular flexibility index (Phi) is 6.84. The summed E-state index contributed by atoms with van der Waals surface area (Å²) in [5.74, 6) is -3.46. The van der Waals surface area contributed by atoms with Gasteiger partial charge in [-0.15, -0.1) is 11.3 Å². The van der Waals surface area contributed by atoms with E-state index in [1.54, 1.807) is 19.9 Å². The van der Waals surface area contributed by atoms with Crippen LogP contribution in [-0.2, 0) is 20.9 Å². The number of hydrogen-bond acceptors (Lipinski definition) is 8. The van der Waals surface area contributed by atoms with Crippen LogP contribution in [0.5, 0.6) is 5.75 Å². The van der Waals surface area contributed by atoms with Gasteiger partial charge in [0.2, 0.25) is 5.91 Å². The van der Waals surface area contributed by atoms with Crippen molar-refractivity contribution in [1.29, 1.82) is 5.41 Å². The number of benzene rings is 1. The smallest absolute Gasteiger partial charge is 0.367 e. The number of nitrogen functional groups attached to an aromatic ring is 1. The van der Waals surface area contributed by atoms with Gasteiger partial charge in [-0.05, 0) is 56.0 Å². The highest BCUT2D eigenvalue weighted by Crippen LogP contribution is 2.35. The van der Waals surface area contributed by atoms with Crippen LogP contribution < -0.4 is 15.8 Å². The number of ether oxygens (including phenoxy) is 1. The van der Waals surface area contributed by atoms with E-state index >= 15 is 0 Å². The number of halogens is 1. The third kappa shape index (κ3) is 5.20. The van der Waals surface area contributed by atoms with E-state index in [0.717, 1.165) is 23.8 Å². The maximum atomic E-state index is 14.1. The molecule has 2 aromatic rings. The third-order valence-electron chi connectivity index (χ3n) is 5.57. The van der Waals surface area contributed by atoms with Crippen molar-refractivity contribution < 1.29 is 33.7 Å². The van der Waals surface area contributed by atoms with Gasteiger partial charge in [0.05, 0.1) is 0 Å². The number of nitrogens with two attached hydrogens (primary N) is 1. The molecule has 33 heavy (non-hydrogen) atoms. The van der Waals surface area contributed by atoms with Gasteiger partial charge in [0.15, 0.2) is 11.6 Å². The fraction of sp³-hybridized carbons (Fsp3) is 0.364. The highest BCUT2D eigenvalue weighted by molar-refractivity contribution is 7.14. The summed E-state index contributed by atoms with van der Waals surface area (Å²) in [6.07, 6.45) is 1.76. The Balaban J connectivity index is 1.66. The summed E-state index contributed by atoms with van der Waals surface area (Å²) in [6, 6.07) is 6.80. The predicted molar refractivity (Wildman–Crippen MR) is 118 cm³/mol. The lowest BCUT2D eigenvalue weighted by molar-refractivity contribution is -0.244. The molecule has 1 aromatic carbocycles. The Morgan fingerprint density at radius 3 is 2.52 bits per heavy atom. The van der Waals surface area contributed by atoms with Crippen LogP contribution in [0.3, 0.4) is 0 Å². The summed E-state index contributed by atoms with van der Waals surface area (Å²) in [5.41, 5.74) is 3.34. The number of carbonyl (C=O) groups is 3. The average Bonchev–Trinajstić information content (AvgIpc) is 3.19. The molecule has 5 N–H and O–H groups in total. The Morgan fingerprint density at radius 2 is 1.97 bits per heavy atom. The molecule has 3 rings (SSSR count). The molecule has 9 nitrogen and oxygen atoms in total. The van der Waals surface area contributed by atoms with Crippen LogP contribution >= 0.6 is 11.3 Å². The molecule has 0 radical (unpaired) electrons. The summed E-state index contributed by atoms with van der Waals surface area (Å²) in [4.78, 5) is 41.9. The van der Waals surface area contributed by atoms with Crippen molar-refractivity contribution in [2.24, 2.45) is 11.1 Å². The van der Waals surface area contributed by atoms with E-state index in [0.29, 0.717) is 17.7 Å². The lowest BCUT2D eigenvalue weighted by atomic mass is 9.75. The first-order valence-corrected chi connectivity index (χ1v) is 10.9. The maximum Gasteiger partial charge on any atom is 0.367 e. The van der Waals surface area contributed by atoms with E-state index in [-0.39, 0.29) is 28.4 Å². The minimum Gasteiger partial charge on any atom is -0.419 e. The first-order valence-electron chi connectivity index (χ1n) is 10.1. The molecule has 1 amide bonds. The zero-order chi connectivity index (χ0) is 24.4. The van der Waals surface area contributed by atoms with E-state index < -0.39 is 34.6 Å². The number of esters is 1. The molecule has 1 saturated carbocycles. The summed E-state index contributed by atoms with van der Waals surface area (Å²) in [6.45, 7) is 3.39. The van der Waals surface area contributed by atoms with Gasteiger partial charge in [-0.2, -0.15) is 5.26 Å². The predicted octanol–water partition coefficient (Wildman–Crippen LogP) is 3.01. The molecular formula is C22H24FN3O6S. The molecule has 0 spiro atoms. The Hall–Kier alpha value is -3.31. The molecule has 1 aliphatic rings. The van der Waals surface area contributed by atoms with E-state index in [9.17, 15) is 18.8 Å². The van der Waals surface area contributed by atoms with Crippen molar-refractivity contribution in [3.05, 3.63) is 51.5 Å². The minimum atomic E-state index is -1.21. The van der Waals surface area contributed by atoms with Crippen LogP contribution in [0.25, 0.3) is 0 Å². The van der Waals surface area contributed by atoms with E-state index in [4.69, 9.17) is 21.1 Å². The zero-order valence-electron chi connectivity index (χ0n) is 18.1. The molecule has 11 heteroatoms. The molecule has 0 bridgehead atoms. The molecule has 1 fully saturated rings. The lowest BCUT2D eigenvalue weighted by Gasteiger charge is -2.40. The second-order valence-corrected chi connectivity index (χ2v) is 9.71. The van der Waals surface area contributed by atoms with Gasteiger partial charge in [-0.1, -0.05) is 13.8 Å². The zero-order valence-corrected chi connectivity index (χ0v) is 18.9. The number of thiophene rings is 1. The number of hydrogen-bond donors (Lipinski definition) is 4. The molecule has 0 unspecified atom stereocenters. The van der Waals surface area contributed by atoms with Gasteiger partial charge in [-0.25, -0.2) is 14.0 Å². The summed E-state index contributed by atoms with van der Waals surface area (Å²) >= 11 is 1.10. The largest absolute Gasteiger partial charge is 0.419 e. The fourth-order valence-corrected chi connectivity index (χ4v) is 4.50. The monoisotopic (exact) mass is 477 g/mol. The number of amides is 1. The molecule has 1 aliphatic carbocycles. The lowest BCUT2D eigenvalue weighted by Crippen LogP contribution is -2.61. The highest BCUT2D eigenvalue weighted by Gasteiger charge is 2.49. The van der Waals surface area contributed by atoms with Gasteiger partial charge in [0.1, 0.15) is 16.3 Å². The van der Waals surface area contributed by atoms with Crippen molar-refractivity contribution in [2.45, 2.75) is 45.1 Å². The minimum absolute atomic E-state index is 0.169. The van der Waals surface area contributed by atoms with Crippen LogP contribution in [0, 0.1) is 16.6 Å². The van der Waals surface area contributed by atoms with Crippen LogP contribution in [-0.4, -0.2) is 34.5 Å². The van der Waals surface area contributed by atoms with Crippen molar-refractivity contribution in [3.8, 4) is 5.75 Å².